The number of unbranched alkanes of at least 4 members (excludes halogenated alkanes) is 1. The molecule has 0 saturated heterocycles. The van der Waals surface area contributed by atoms with Crippen LogP contribution < -0.4 is 9.64 Å². The maximum absolute atomic E-state index is 11.1. The van der Waals surface area contributed by atoms with Crippen LogP contribution in [0.5, 0.6) is 17.4 Å². The summed E-state index contributed by atoms with van der Waals surface area (Å²) in [6, 6.07) is 17.8. The van der Waals surface area contributed by atoms with Gasteiger partial charge in [0.05, 0.1) is 18.4 Å². The van der Waals surface area contributed by atoms with Gasteiger partial charge in [0.25, 0.3) is 0 Å². The smallest absolute Gasteiger partial charge is 0.223 e. The standard InChI is InChI=1S/C23H25N2O3/c1-4-5-11-19-21(25(2)17-12-14-18(28-3)15-13-17)22(26)20(23(27)24-19)16-9-7-6-8-10-16/h6-9,12-15H,4-5,11H2,1-3H3,(H2,24,26,27). The number of aromatic nitrogens is 1. The SMILES string of the molecule is CCCCc1nc(O)c(-c2[c]cccc2)c(O)c1N(C)c1ccc(OC)cc1. The van der Waals surface area contributed by atoms with E-state index in [2.05, 4.69) is 18.0 Å². The molecule has 5 heteroatoms. The number of anilines is 2. The van der Waals surface area contributed by atoms with Gasteiger partial charge in [-0.15, -0.1) is 0 Å². The van der Waals surface area contributed by atoms with Crippen molar-refractivity contribution in [3.63, 3.8) is 0 Å². The van der Waals surface area contributed by atoms with Gasteiger partial charge in [-0.1, -0.05) is 37.6 Å². The van der Waals surface area contributed by atoms with Crippen molar-refractivity contribution in [1.82, 2.24) is 4.98 Å². The predicted molar refractivity (Wildman–Crippen MR) is 112 cm³/mol. The highest BCUT2D eigenvalue weighted by atomic mass is 16.5. The monoisotopic (exact) mass is 377 g/mol. The summed E-state index contributed by atoms with van der Waals surface area (Å²) in [5.74, 6) is 0.577. The molecule has 0 bridgehead atoms. The second-order valence-electron chi connectivity index (χ2n) is 6.59. The minimum atomic E-state index is -0.182. The Kier molecular flexibility index (Phi) is 6.04. The van der Waals surface area contributed by atoms with E-state index in [0.717, 1.165) is 24.3 Å². The minimum Gasteiger partial charge on any atom is -0.505 e. The van der Waals surface area contributed by atoms with Crippen molar-refractivity contribution in [2.75, 3.05) is 19.1 Å². The van der Waals surface area contributed by atoms with Crippen LogP contribution in [-0.4, -0.2) is 29.4 Å². The summed E-state index contributed by atoms with van der Waals surface area (Å²) in [5, 5.41) is 21.7. The molecule has 0 amide bonds. The Morgan fingerprint density at radius 2 is 1.86 bits per heavy atom. The number of nitrogens with zero attached hydrogens (tertiary/aromatic N) is 2. The first kappa shape index (κ1) is 19.5. The third-order valence-electron chi connectivity index (χ3n) is 4.74. The molecular weight excluding hydrogens is 352 g/mol. The molecule has 1 radical (unpaired) electrons. The van der Waals surface area contributed by atoms with Crippen LogP contribution >= 0.6 is 0 Å². The van der Waals surface area contributed by atoms with Crippen LogP contribution in [0.15, 0.2) is 48.5 Å². The van der Waals surface area contributed by atoms with Crippen LogP contribution in [-0.2, 0) is 6.42 Å². The van der Waals surface area contributed by atoms with Crippen LogP contribution in [0.1, 0.15) is 25.5 Å². The van der Waals surface area contributed by atoms with E-state index in [4.69, 9.17) is 4.74 Å². The molecule has 0 saturated carbocycles. The van der Waals surface area contributed by atoms with Gasteiger partial charge in [0.1, 0.15) is 11.4 Å². The minimum absolute atomic E-state index is 0.000582. The van der Waals surface area contributed by atoms with Crippen molar-refractivity contribution in [3.05, 3.63) is 60.3 Å². The Bertz CT molecular complexity index is 925. The van der Waals surface area contributed by atoms with Gasteiger partial charge in [-0.2, -0.15) is 0 Å². The predicted octanol–water partition coefficient (Wildman–Crippen LogP) is 5.08. The zero-order chi connectivity index (χ0) is 20.1. The quantitative estimate of drug-likeness (QED) is 0.601. The first-order valence-corrected chi connectivity index (χ1v) is 9.36. The zero-order valence-corrected chi connectivity index (χ0v) is 16.4. The molecule has 3 aromatic rings. The van der Waals surface area contributed by atoms with Crippen LogP contribution in [0.25, 0.3) is 11.1 Å². The van der Waals surface area contributed by atoms with E-state index in [0.29, 0.717) is 23.4 Å². The van der Waals surface area contributed by atoms with Gasteiger partial charge in [0.2, 0.25) is 5.88 Å². The van der Waals surface area contributed by atoms with Crippen molar-refractivity contribution >= 4 is 11.4 Å². The number of hydrogen-bond donors (Lipinski definition) is 2. The molecule has 0 unspecified atom stereocenters. The maximum atomic E-state index is 11.1. The van der Waals surface area contributed by atoms with E-state index < -0.39 is 0 Å². The maximum Gasteiger partial charge on any atom is 0.223 e. The molecule has 0 aliphatic heterocycles. The molecule has 0 spiro atoms. The highest BCUT2D eigenvalue weighted by Crippen LogP contribution is 2.45. The van der Waals surface area contributed by atoms with Gasteiger partial charge in [-0.05, 0) is 48.7 Å². The molecule has 0 atom stereocenters. The molecule has 3 rings (SSSR count). The lowest BCUT2D eigenvalue weighted by molar-refractivity contribution is 0.415. The lowest BCUT2D eigenvalue weighted by Crippen LogP contribution is -2.14. The fourth-order valence-corrected chi connectivity index (χ4v) is 3.20. The molecule has 1 aromatic heterocycles. The number of aryl methyl sites for hydroxylation is 1. The second-order valence-corrected chi connectivity index (χ2v) is 6.59. The highest BCUT2D eigenvalue weighted by Gasteiger charge is 2.23. The normalized spacial score (nSPS) is 10.7. The number of hydrogen-bond acceptors (Lipinski definition) is 5. The van der Waals surface area contributed by atoms with Crippen LogP contribution in [0.3, 0.4) is 0 Å². The molecule has 145 valence electrons. The second kappa shape index (κ2) is 8.65. The Labute approximate surface area is 165 Å². The molecular formula is C23H25N2O3. The first-order chi connectivity index (χ1) is 13.6. The van der Waals surface area contributed by atoms with Gasteiger partial charge >= 0.3 is 0 Å². The van der Waals surface area contributed by atoms with Crippen molar-refractivity contribution in [1.29, 1.82) is 0 Å². The summed E-state index contributed by atoms with van der Waals surface area (Å²) in [7, 11) is 3.50. The summed E-state index contributed by atoms with van der Waals surface area (Å²) >= 11 is 0. The average molecular weight is 377 g/mol. The summed E-state index contributed by atoms with van der Waals surface area (Å²) in [4.78, 5) is 6.32. The van der Waals surface area contributed by atoms with E-state index in [9.17, 15) is 10.2 Å². The van der Waals surface area contributed by atoms with Gasteiger partial charge in [-0.3, -0.25) is 0 Å². The van der Waals surface area contributed by atoms with Gasteiger partial charge in [0.15, 0.2) is 5.75 Å². The molecule has 2 N–H and O–H groups in total. The van der Waals surface area contributed by atoms with Crippen LogP contribution in [0.4, 0.5) is 11.4 Å². The number of pyridine rings is 1. The topological polar surface area (TPSA) is 65.8 Å². The van der Waals surface area contributed by atoms with Crippen LogP contribution in [0, 0.1) is 6.07 Å². The van der Waals surface area contributed by atoms with E-state index in [1.807, 2.05) is 48.3 Å². The number of methoxy groups -OCH3 is 1. The lowest BCUT2D eigenvalue weighted by atomic mass is 10.0. The largest absolute Gasteiger partial charge is 0.505 e. The summed E-state index contributed by atoms with van der Waals surface area (Å²) in [5.41, 5.74) is 3.01. The van der Waals surface area contributed by atoms with Gasteiger partial charge in [0, 0.05) is 12.7 Å². The molecule has 5 nitrogen and oxygen atoms in total. The van der Waals surface area contributed by atoms with Crippen molar-refractivity contribution in [3.8, 4) is 28.5 Å². The first-order valence-electron chi connectivity index (χ1n) is 9.36. The Morgan fingerprint density at radius 3 is 2.46 bits per heavy atom. The zero-order valence-electron chi connectivity index (χ0n) is 16.4. The summed E-state index contributed by atoms with van der Waals surface area (Å²) < 4.78 is 5.23. The van der Waals surface area contributed by atoms with Gasteiger partial charge < -0.3 is 19.8 Å². The summed E-state index contributed by atoms with van der Waals surface area (Å²) in [6.45, 7) is 2.10. The fraction of sp³-hybridized carbons (Fsp3) is 0.261. The number of rotatable bonds is 7. The molecule has 28 heavy (non-hydrogen) atoms. The Hall–Kier alpha value is -3.21. The molecule has 0 aliphatic carbocycles. The number of benzene rings is 2. The van der Waals surface area contributed by atoms with Crippen molar-refractivity contribution in [2.45, 2.75) is 26.2 Å². The summed E-state index contributed by atoms with van der Waals surface area (Å²) in [6.07, 6.45) is 2.56. The Balaban J connectivity index is 2.15. The molecule has 2 aromatic carbocycles. The van der Waals surface area contributed by atoms with E-state index in [-0.39, 0.29) is 17.2 Å². The molecule has 0 aliphatic rings. The average Bonchev–Trinajstić information content (AvgIpc) is 2.72. The van der Waals surface area contributed by atoms with Crippen LogP contribution in [0.2, 0.25) is 0 Å². The lowest BCUT2D eigenvalue weighted by Gasteiger charge is -2.25. The van der Waals surface area contributed by atoms with Crippen molar-refractivity contribution < 1.29 is 14.9 Å². The molecule has 1 heterocycles. The van der Waals surface area contributed by atoms with Gasteiger partial charge in [-0.25, -0.2) is 4.98 Å². The third-order valence-corrected chi connectivity index (χ3v) is 4.74. The number of aromatic hydroxyl groups is 2. The highest BCUT2D eigenvalue weighted by molar-refractivity contribution is 5.84. The van der Waals surface area contributed by atoms with E-state index in [1.54, 1.807) is 19.2 Å². The fourth-order valence-electron chi connectivity index (χ4n) is 3.20. The number of ether oxygens (including phenoxy) is 1. The third kappa shape index (κ3) is 3.88. The van der Waals surface area contributed by atoms with E-state index >= 15 is 0 Å². The van der Waals surface area contributed by atoms with E-state index in [1.165, 1.54) is 0 Å². The van der Waals surface area contributed by atoms with Crippen molar-refractivity contribution in [2.24, 2.45) is 0 Å². The Morgan fingerprint density at radius 1 is 1.11 bits per heavy atom. The molecule has 0 fully saturated rings.